The third-order valence-corrected chi connectivity index (χ3v) is 3.14. The normalized spacial score (nSPS) is 13.8. The van der Waals surface area contributed by atoms with Crippen LogP contribution >= 0.6 is 0 Å². The van der Waals surface area contributed by atoms with Crippen molar-refractivity contribution >= 4 is 23.2 Å². The topological polar surface area (TPSA) is 63.4 Å². The number of amides is 2. The van der Waals surface area contributed by atoms with Gasteiger partial charge in [0.05, 0.1) is 16.8 Å². The van der Waals surface area contributed by atoms with Gasteiger partial charge in [0, 0.05) is 5.69 Å². The van der Waals surface area contributed by atoms with E-state index in [1.54, 1.807) is 0 Å². The van der Waals surface area contributed by atoms with Gasteiger partial charge in [-0.15, -0.1) is 0 Å². The van der Waals surface area contributed by atoms with Gasteiger partial charge in [0.15, 0.2) is 11.6 Å². The summed E-state index contributed by atoms with van der Waals surface area (Å²) in [6.07, 6.45) is 0. The van der Waals surface area contributed by atoms with Crippen molar-refractivity contribution in [3.63, 3.8) is 0 Å². The Kier molecular flexibility index (Phi) is 2.72. The molecule has 0 bridgehead atoms. The standard InChI is InChI=1S/C14H7F3N2O2/c15-9-4-7-8(5-10(9)16)14(21)19(13(7)20)12-2-1-6(18)3-11(12)17/h1-5H,18H2. The van der Waals surface area contributed by atoms with E-state index in [-0.39, 0.29) is 22.5 Å². The minimum absolute atomic E-state index is 0.116. The van der Waals surface area contributed by atoms with Crippen LogP contribution in [0.15, 0.2) is 30.3 Å². The Morgan fingerprint density at radius 1 is 0.810 bits per heavy atom. The molecule has 0 fully saturated rings. The van der Waals surface area contributed by atoms with Gasteiger partial charge in [0.1, 0.15) is 5.82 Å². The molecule has 0 saturated carbocycles. The number of hydrogen-bond acceptors (Lipinski definition) is 3. The number of nitrogen functional groups attached to an aromatic ring is 1. The Morgan fingerprint density at radius 2 is 1.33 bits per heavy atom. The third-order valence-electron chi connectivity index (χ3n) is 3.14. The van der Waals surface area contributed by atoms with Gasteiger partial charge >= 0.3 is 0 Å². The molecule has 3 rings (SSSR count). The van der Waals surface area contributed by atoms with Crippen molar-refractivity contribution in [3.05, 3.63) is 58.9 Å². The molecule has 0 aliphatic carbocycles. The van der Waals surface area contributed by atoms with Crippen LogP contribution in [0.4, 0.5) is 24.5 Å². The van der Waals surface area contributed by atoms with E-state index in [2.05, 4.69) is 0 Å². The number of nitrogens with zero attached hydrogens (tertiary/aromatic N) is 1. The SMILES string of the molecule is Nc1ccc(N2C(=O)c3cc(F)c(F)cc3C2=O)c(F)c1. The molecule has 4 nitrogen and oxygen atoms in total. The Labute approximate surface area is 116 Å². The maximum Gasteiger partial charge on any atom is 0.266 e. The first kappa shape index (κ1) is 13.2. The van der Waals surface area contributed by atoms with E-state index < -0.39 is 29.3 Å². The molecule has 1 heterocycles. The first-order valence-electron chi connectivity index (χ1n) is 5.83. The van der Waals surface area contributed by atoms with Gasteiger partial charge in [0.2, 0.25) is 0 Å². The Hall–Kier alpha value is -2.83. The highest BCUT2D eigenvalue weighted by molar-refractivity contribution is 6.34. The van der Waals surface area contributed by atoms with Crippen molar-refractivity contribution in [2.45, 2.75) is 0 Å². The summed E-state index contributed by atoms with van der Waals surface area (Å²) < 4.78 is 40.2. The van der Waals surface area contributed by atoms with E-state index in [4.69, 9.17) is 5.73 Å². The number of halogens is 3. The molecule has 1 aliphatic heterocycles. The third kappa shape index (κ3) is 1.85. The van der Waals surface area contributed by atoms with Crippen molar-refractivity contribution < 1.29 is 22.8 Å². The van der Waals surface area contributed by atoms with Gasteiger partial charge in [-0.3, -0.25) is 9.59 Å². The van der Waals surface area contributed by atoms with Crippen LogP contribution in [0.1, 0.15) is 20.7 Å². The molecule has 2 N–H and O–H groups in total. The number of carbonyl (C=O) groups is 2. The summed E-state index contributed by atoms with van der Waals surface area (Å²) in [5.41, 5.74) is 4.56. The van der Waals surface area contributed by atoms with Crippen LogP contribution in [-0.2, 0) is 0 Å². The molecule has 21 heavy (non-hydrogen) atoms. The summed E-state index contributed by atoms with van der Waals surface area (Å²) in [6, 6.07) is 4.66. The molecule has 0 spiro atoms. The number of carbonyl (C=O) groups excluding carboxylic acids is 2. The molecule has 0 radical (unpaired) electrons. The van der Waals surface area contributed by atoms with E-state index in [9.17, 15) is 22.8 Å². The fourth-order valence-corrected chi connectivity index (χ4v) is 2.16. The molecule has 1 aliphatic rings. The lowest BCUT2D eigenvalue weighted by Crippen LogP contribution is -2.30. The minimum Gasteiger partial charge on any atom is -0.399 e. The highest BCUT2D eigenvalue weighted by atomic mass is 19.2. The first-order chi connectivity index (χ1) is 9.90. The number of benzene rings is 2. The molecule has 0 atom stereocenters. The molecule has 2 amide bonds. The number of nitrogens with two attached hydrogens (primary N) is 1. The summed E-state index contributed by atoms with van der Waals surface area (Å²) >= 11 is 0. The number of fused-ring (bicyclic) bond motifs is 1. The highest BCUT2D eigenvalue weighted by Crippen LogP contribution is 2.32. The van der Waals surface area contributed by atoms with Gasteiger partial charge in [-0.25, -0.2) is 18.1 Å². The van der Waals surface area contributed by atoms with Crippen LogP contribution in [0.5, 0.6) is 0 Å². The number of rotatable bonds is 1. The second-order valence-corrected chi connectivity index (χ2v) is 4.47. The van der Waals surface area contributed by atoms with Gasteiger partial charge < -0.3 is 5.73 Å². The summed E-state index contributed by atoms with van der Waals surface area (Å²) in [5, 5.41) is 0. The average Bonchev–Trinajstić information content (AvgIpc) is 2.64. The first-order valence-corrected chi connectivity index (χ1v) is 5.83. The molecule has 2 aromatic carbocycles. The zero-order valence-electron chi connectivity index (χ0n) is 10.4. The van der Waals surface area contributed by atoms with Crippen LogP contribution in [-0.4, -0.2) is 11.8 Å². The predicted molar refractivity (Wildman–Crippen MR) is 68.3 cm³/mol. The summed E-state index contributed by atoms with van der Waals surface area (Å²) in [4.78, 5) is 24.8. The molecule has 2 aromatic rings. The van der Waals surface area contributed by atoms with E-state index >= 15 is 0 Å². The molecular weight excluding hydrogens is 285 g/mol. The summed E-state index contributed by atoms with van der Waals surface area (Å²) in [7, 11) is 0. The zero-order chi connectivity index (χ0) is 15.3. The summed E-state index contributed by atoms with van der Waals surface area (Å²) in [6.45, 7) is 0. The molecular formula is C14H7F3N2O2. The second-order valence-electron chi connectivity index (χ2n) is 4.47. The lowest BCUT2D eigenvalue weighted by atomic mass is 10.1. The Bertz CT molecular complexity index is 764. The quantitative estimate of drug-likeness (QED) is 0.649. The van der Waals surface area contributed by atoms with Crippen molar-refractivity contribution in [1.82, 2.24) is 0 Å². The minimum atomic E-state index is -1.26. The fourth-order valence-electron chi connectivity index (χ4n) is 2.16. The zero-order valence-corrected chi connectivity index (χ0v) is 10.4. The lowest BCUT2D eigenvalue weighted by molar-refractivity contribution is 0.0924. The average molecular weight is 292 g/mol. The summed E-state index contributed by atoms with van der Waals surface area (Å²) in [5.74, 6) is -5.23. The van der Waals surface area contributed by atoms with E-state index in [1.165, 1.54) is 6.07 Å². The van der Waals surface area contributed by atoms with Crippen molar-refractivity contribution in [1.29, 1.82) is 0 Å². The van der Waals surface area contributed by atoms with E-state index in [0.717, 1.165) is 12.1 Å². The Balaban J connectivity index is 2.16. The molecule has 7 heteroatoms. The number of imide groups is 1. The highest BCUT2D eigenvalue weighted by Gasteiger charge is 2.39. The molecule has 106 valence electrons. The monoisotopic (exact) mass is 292 g/mol. The molecule has 0 saturated heterocycles. The lowest BCUT2D eigenvalue weighted by Gasteiger charge is -2.14. The van der Waals surface area contributed by atoms with Crippen LogP contribution in [0.25, 0.3) is 0 Å². The maximum absolute atomic E-state index is 13.9. The van der Waals surface area contributed by atoms with Crippen LogP contribution < -0.4 is 10.6 Å². The molecule has 0 unspecified atom stereocenters. The Morgan fingerprint density at radius 3 is 1.81 bits per heavy atom. The maximum atomic E-state index is 13.9. The van der Waals surface area contributed by atoms with Crippen LogP contribution in [0, 0.1) is 17.5 Å². The number of anilines is 2. The smallest absolute Gasteiger partial charge is 0.266 e. The predicted octanol–water partition coefficient (Wildman–Crippen LogP) is 2.49. The fraction of sp³-hybridized carbons (Fsp3) is 0. The van der Waals surface area contributed by atoms with Gasteiger partial charge in [0.25, 0.3) is 11.8 Å². The van der Waals surface area contributed by atoms with Crippen molar-refractivity contribution in [3.8, 4) is 0 Å². The van der Waals surface area contributed by atoms with Crippen LogP contribution in [0.3, 0.4) is 0 Å². The van der Waals surface area contributed by atoms with Gasteiger partial charge in [-0.2, -0.15) is 0 Å². The van der Waals surface area contributed by atoms with Crippen molar-refractivity contribution in [2.24, 2.45) is 0 Å². The van der Waals surface area contributed by atoms with Crippen LogP contribution in [0.2, 0.25) is 0 Å². The number of hydrogen-bond donors (Lipinski definition) is 1. The van der Waals surface area contributed by atoms with E-state index in [0.29, 0.717) is 17.0 Å². The largest absolute Gasteiger partial charge is 0.399 e. The van der Waals surface area contributed by atoms with Gasteiger partial charge in [-0.1, -0.05) is 0 Å². The van der Waals surface area contributed by atoms with Gasteiger partial charge in [-0.05, 0) is 30.3 Å². The van der Waals surface area contributed by atoms with Crippen molar-refractivity contribution in [2.75, 3.05) is 10.6 Å². The second kappa shape index (κ2) is 4.34. The van der Waals surface area contributed by atoms with E-state index in [1.807, 2.05) is 0 Å². The molecule has 0 aromatic heterocycles.